The number of carbonyl (C=O) groups is 1. The van der Waals surface area contributed by atoms with Crippen molar-refractivity contribution in [2.45, 2.75) is 6.42 Å². The molecular weight excluding hydrogens is 136 g/mol. The van der Waals surface area contributed by atoms with E-state index in [1.165, 1.54) is 6.42 Å². The number of hydrogen-bond donors (Lipinski definition) is 0. The molecule has 1 heteroatoms. The van der Waals surface area contributed by atoms with Gasteiger partial charge in [0, 0.05) is 5.92 Å². The van der Waals surface area contributed by atoms with E-state index in [-0.39, 0.29) is 0 Å². The second-order valence-corrected chi connectivity index (χ2v) is 3.81. The summed E-state index contributed by atoms with van der Waals surface area (Å²) < 4.78 is 0. The minimum Gasteiger partial charge on any atom is -0.295 e. The highest BCUT2D eigenvalue weighted by Crippen LogP contribution is 2.51. The number of fused-ring (bicyclic) bond motifs is 5. The Hall–Kier alpha value is -0.850. The summed E-state index contributed by atoms with van der Waals surface area (Å²) in [5.74, 6) is 2.54. The average molecular weight is 146 g/mol. The molecule has 0 spiro atoms. The van der Waals surface area contributed by atoms with Crippen molar-refractivity contribution < 1.29 is 4.79 Å². The lowest BCUT2D eigenvalue weighted by Gasteiger charge is -2.17. The van der Waals surface area contributed by atoms with Crippen molar-refractivity contribution in [2.24, 2.45) is 23.7 Å². The Morgan fingerprint density at radius 1 is 1.18 bits per heavy atom. The molecule has 3 rings (SSSR count). The largest absolute Gasteiger partial charge is 0.295 e. The second kappa shape index (κ2) is 1.66. The molecule has 2 bridgehead atoms. The zero-order valence-corrected chi connectivity index (χ0v) is 6.23. The summed E-state index contributed by atoms with van der Waals surface area (Å²) in [6, 6.07) is 0. The lowest BCUT2D eigenvalue weighted by atomic mass is 9.85. The van der Waals surface area contributed by atoms with Gasteiger partial charge in [-0.1, -0.05) is 18.2 Å². The molecule has 3 aliphatic carbocycles. The standard InChI is InChI=1S/C10H10O/c11-9-4-3-8-6-1-2-7(5-6)10(8)9/h1-4,6-8,10H,5H2/t6-,7-,8+,10+/m0/s1. The van der Waals surface area contributed by atoms with Crippen LogP contribution >= 0.6 is 0 Å². The van der Waals surface area contributed by atoms with Gasteiger partial charge in [-0.2, -0.15) is 0 Å². The van der Waals surface area contributed by atoms with Gasteiger partial charge < -0.3 is 0 Å². The van der Waals surface area contributed by atoms with Crippen LogP contribution in [0.5, 0.6) is 0 Å². The molecule has 0 heterocycles. The van der Waals surface area contributed by atoms with Crippen LogP contribution in [0, 0.1) is 23.7 Å². The second-order valence-electron chi connectivity index (χ2n) is 3.81. The highest BCUT2D eigenvalue weighted by Gasteiger charge is 2.48. The summed E-state index contributed by atoms with van der Waals surface area (Å²) in [6.45, 7) is 0. The van der Waals surface area contributed by atoms with Gasteiger partial charge in [-0.3, -0.25) is 4.79 Å². The smallest absolute Gasteiger partial charge is 0.159 e. The van der Waals surface area contributed by atoms with E-state index in [2.05, 4.69) is 18.2 Å². The third-order valence-corrected chi connectivity index (χ3v) is 3.33. The molecule has 0 aromatic heterocycles. The van der Waals surface area contributed by atoms with E-state index in [4.69, 9.17) is 0 Å². The van der Waals surface area contributed by atoms with Gasteiger partial charge in [0.25, 0.3) is 0 Å². The maximum atomic E-state index is 11.3. The van der Waals surface area contributed by atoms with Crippen LogP contribution in [0.25, 0.3) is 0 Å². The van der Waals surface area contributed by atoms with E-state index >= 15 is 0 Å². The third kappa shape index (κ3) is 0.550. The summed E-state index contributed by atoms with van der Waals surface area (Å²) in [5.41, 5.74) is 0. The predicted molar refractivity (Wildman–Crippen MR) is 41.9 cm³/mol. The molecule has 0 radical (unpaired) electrons. The zero-order chi connectivity index (χ0) is 7.42. The maximum absolute atomic E-state index is 11.3. The summed E-state index contributed by atoms with van der Waals surface area (Å²) >= 11 is 0. The molecule has 56 valence electrons. The molecule has 0 N–H and O–H groups in total. The molecule has 0 aromatic carbocycles. The van der Waals surface area contributed by atoms with Gasteiger partial charge in [0.1, 0.15) is 0 Å². The number of carbonyl (C=O) groups excluding carboxylic acids is 1. The van der Waals surface area contributed by atoms with Crippen LogP contribution in [0.4, 0.5) is 0 Å². The summed E-state index contributed by atoms with van der Waals surface area (Å²) in [5, 5.41) is 0. The van der Waals surface area contributed by atoms with Crippen LogP contribution < -0.4 is 0 Å². The van der Waals surface area contributed by atoms with Crippen LogP contribution in [0.15, 0.2) is 24.3 Å². The maximum Gasteiger partial charge on any atom is 0.159 e. The Labute approximate surface area is 65.8 Å². The van der Waals surface area contributed by atoms with Gasteiger partial charge in [-0.15, -0.1) is 0 Å². The third-order valence-electron chi connectivity index (χ3n) is 3.33. The molecule has 0 aromatic rings. The summed E-state index contributed by atoms with van der Waals surface area (Å²) in [4.78, 5) is 11.3. The molecule has 4 atom stereocenters. The first-order valence-corrected chi connectivity index (χ1v) is 4.26. The lowest BCUT2D eigenvalue weighted by Crippen LogP contribution is -2.19. The highest BCUT2D eigenvalue weighted by molar-refractivity contribution is 5.95. The van der Waals surface area contributed by atoms with Crippen molar-refractivity contribution in [2.75, 3.05) is 0 Å². The molecule has 11 heavy (non-hydrogen) atoms. The van der Waals surface area contributed by atoms with Gasteiger partial charge in [0.05, 0.1) is 0 Å². The summed E-state index contributed by atoms with van der Waals surface area (Å²) in [7, 11) is 0. The summed E-state index contributed by atoms with van der Waals surface area (Å²) in [6.07, 6.45) is 9.64. The van der Waals surface area contributed by atoms with Crippen molar-refractivity contribution >= 4 is 5.78 Å². The number of allylic oxidation sites excluding steroid dienone is 4. The predicted octanol–water partition coefficient (Wildman–Crippen LogP) is 1.56. The van der Waals surface area contributed by atoms with E-state index in [0.717, 1.165) is 0 Å². The number of rotatable bonds is 0. The quantitative estimate of drug-likeness (QED) is 0.474. The molecular formula is C10H10O. The van der Waals surface area contributed by atoms with Gasteiger partial charge >= 0.3 is 0 Å². The molecule has 1 saturated carbocycles. The van der Waals surface area contributed by atoms with E-state index in [0.29, 0.717) is 29.5 Å². The topological polar surface area (TPSA) is 17.1 Å². The lowest BCUT2D eigenvalue weighted by molar-refractivity contribution is -0.118. The van der Waals surface area contributed by atoms with Crippen molar-refractivity contribution in [1.29, 1.82) is 0 Å². The molecule has 1 nitrogen and oxygen atoms in total. The van der Waals surface area contributed by atoms with Crippen molar-refractivity contribution in [1.82, 2.24) is 0 Å². The van der Waals surface area contributed by atoms with E-state index in [9.17, 15) is 4.79 Å². The first kappa shape index (κ1) is 5.76. The molecule has 0 amide bonds. The Morgan fingerprint density at radius 2 is 2.00 bits per heavy atom. The van der Waals surface area contributed by atoms with Crippen molar-refractivity contribution in [3.8, 4) is 0 Å². The fourth-order valence-electron chi connectivity index (χ4n) is 2.84. The average Bonchev–Trinajstić information content (AvgIpc) is 2.60. The minimum absolute atomic E-state index is 0.338. The molecule has 0 saturated heterocycles. The van der Waals surface area contributed by atoms with Crippen LogP contribution in [0.2, 0.25) is 0 Å². The molecule has 3 aliphatic rings. The van der Waals surface area contributed by atoms with Crippen LogP contribution in [0.3, 0.4) is 0 Å². The first-order valence-electron chi connectivity index (χ1n) is 4.26. The van der Waals surface area contributed by atoms with E-state index in [1.54, 1.807) is 6.08 Å². The minimum atomic E-state index is 0.338. The Bertz CT molecular complexity index is 275. The fourth-order valence-corrected chi connectivity index (χ4v) is 2.84. The first-order chi connectivity index (χ1) is 5.36. The normalized spacial score (nSPS) is 50.7. The van der Waals surface area contributed by atoms with Gasteiger partial charge in [0.2, 0.25) is 0 Å². The van der Waals surface area contributed by atoms with E-state index in [1.807, 2.05) is 0 Å². The van der Waals surface area contributed by atoms with Gasteiger partial charge in [-0.25, -0.2) is 0 Å². The SMILES string of the molecule is O=C1C=C[C@H]2[C@H]1[C@H]1C=C[C@H]2C1. The molecule has 0 aliphatic heterocycles. The van der Waals surface area contributed by atoms with Gasteiger partial charge in [0.15, 0.2) is 5.78 Å². The number of hydrogen-bond acceptors (Lipinski definition) is 1. The van der Waals surface area contributed by atoms with Gasteiger partial charge in [-0.05, 0) is 30.3 Å². The van der Waals surface area contributed by atoms with Crippen molar-refractivity contribution in [3.05, 3.63) is 24.3 Å². The Morgan fingerprint density at radius 3 is 2.82 bits per heavy atom. The van der Waals surface area contributed by atoms with Crippen molar-refractivity contribution in [3.63, 3.8) is 0 Å². The molecule has 0 unspecified atom stereocenters. The Kier molecular flexibility index (Phi) is 0.867. The highest BCUT2D eigenvalue weighted by atomic mass is 16.1. The number of ketones is 1. The Balaban J connectivity index is 2.08. The van der Waals surface area contributed by atoms with Crippen LogP contribution in [-0.4, -0.2) is 5.78 Å². The molecule has 1 fully saturated rings. The fraction of sp³-hybridized carbons (Fsp3) is 0.500. The monoisotopic (exact) mass is 146 g/mol. The zero-order valence-electron chi connectivity index (χ0n) is 6.23. The van der Waals surface area contributed by atoms with Crippen LogP contribution in [0.1, 0.15) is 6.42 Å². The van der Waals surface area contributed by atoms with Crippen LogP contribution in [-0.2, 0) is 4.79 Å². The van der Waals surface area contributed by atoms with E-state index < -0.39 is 0 Å².